The van der Waals surface area contributed by atoms with Crippen molar-refractivity contribution in [3.8, 4) is 0 Å². The van der Waals surface area contributed by atoms with E-state index in [-0.39, 0.29) is 10.8 Å². The first-order valence-corrected chi connectivity index (χ1v) is 9.36. The second-order valence-corrected chi connectivity index (χ2v) is 8.69. The average Bonchev–Trinajstić information content (AvgIpc) is 2.99. The van der Waals surface area contributed by atoms with Gasteiger partial charge in [-0.15, -0.1) is 11.3 Å². The van der Waals surface area contributed by atoms with Crippen molar-refractivity contribution < 1.29 is 13.2 Å². The summed E-state index contributed by atoms with van der Waals surface area (Å²) in [5, 5.41) is 1.96. The van der Waals surface area contributed by atoms with Crippen molar-refractivity contribution in [2.75, 3.05) is 21.1 Å². The normalized spacial score (nSPS) is 11.7. The first-order valence-electron chi connectivity index (χ1n) is 7.04. The van der Waals surface area contributed by atoms with Crippen LogP contribution in [0.3, 0.4) is 0 Å². The summed E-state index contributed by atoms with van der Waals surface area (Å²) in [6.07, 6.45) is 0. The van der Waals surface area contributed by atoms with Crippen LogP contribution in [0.4, 0.5) is 0 Å². The molecule has 0 aliphatic rings. The number of carbonyl (C=O) groups excluding carboxylic acids is 1. The van der Waals surface area contributed by atoms with Crippen LogP contribution in [-0.4, -0.2) is 44.7 Å². The molecule has 2 rings (SSSR count). The molecular weight excluding hydrogens is 332 g/mol. The molecule has 0 fully saturated rings. The molecule has 0 saturated heterocycles. The molecule has 0 radical (unpaired) electrons. The Labute approximate surface area is 141 Å². The van der Waals surface area contributed by atoms with Gasteiger partial charge < -0.3 is 4.90 Å². The summed E-state index contributed by atoms with van der Waals surface area (Å²) >= 11 is 1.58. The molecule has 0 N–H and O–H groups in total. The maximum Gasteiger partial charge on any atom is 0.254 e. The van der Waals surface area contributed by atoms with Crippen LogP contribution in [0.1, 0.15) is 20.8 Å². The monoisotopic (exact) mass is 352 g/mol. The lowest BCUT2D eigenvalue weighted by Gasteiger charge is -2.19. The molecule has 2 aromatic rings. The number of nitrogens with zero attached hydrogens (tertiary/aromatic N) is 2. The van der Waals surface area contributed by atoms with E-state index < -0.39 is 10.0 Å². The lowest BCUT2D eigenvalue weighted by molar-refractivity contribution is 0.0785. The fraction of sp³-hybridized carbons (Fsp3) is 0.312. The average molecular weight is 352 g/mol. The molecule has 1 amide bonds. The molecule has 124 valence electrons. The second-order valence-electron chi connectivity index (χ2n) is 5.50. The second kappa shape index (κ2) is 6.82. The number of amides is 1. The zero-order chi connectivity index (χ0) is 17.2. The van der Waals surface area contributed by atoms with Crippen LogP contribution in [0.25, 0.3) is 0 Å². The fourth-order valence-corrected chi connectivity index (χ4v) is 3.80. The van der Waals surface area contributed by atoms with Gasteiger partial charge in [-0.05, 0) is 36.1 Å². The van der Waals surface area contributed by atoms with Gasteiger partial charge in [0.2, 0.25) is 10.0 Å². The van der Waals surface area contributed by atoms with E-state index in [2.05, 4.69) is 0 Å². The maximum absolute atomic E-state index is 12.7. The van der Waals surface area contributed by atoms with Crippen LogP contribution in [0.2, 0.25) is 0 Å². The molecule has 1 aromatic heterocycles. The molecule has 0 saturated carbocycles. The van der Waals surface area contributed by atoms with E-state index in [0.29, 0.717) is 12.1 Å². The predicted molar refractivity (Wildman–Crippen MR) is 92.2 cm³/mol. The molecule has 23 heavy (non-hydrogen) atoms. The van der Waals surface area contributed by atoms with Gasteiger partial charge in [-0.3, -0.25) is 4.79 Å². The molecule has 0 bridgehead atoms. The van der Waals surface area contributed by atoms with E-state index in [0.717, 1.165) is 14.7 Å². The molecule has 5 nitrogen and oxygen atoms in total. The number of benzene rings is 1. The smallest absolute Gasteiger partial charge is 0.254 e. The first-order chi connectivity index (χ1) is 10.7. The minimum absolute atomic E-state index is 0.126. The van der Waals surface area contributed by atoms with Crippen LogP contribution in [0, 0.1) is 6.92 Å². The lowest BCUT2D eigenvalue weighted by atomic mass is 10.1. The van der Waals surface area contributed by atoms with Gasteiger partial charge in [0.25, 0.3) is 5.91 Å². The number of sulfonamides is 1. The molecule has 0 aliphatic heterocycles. The summed E-state index contributed by atoms with van der Waals surface area (Å²) < 4.78 is 25.6. The zero-order valence-corrected chi connectivity index (χ0v) is 15.2. The largest absolute Gasteiger partial charge is 0.337 e. The molecule has 1 heterocycles. The van der Waals surface area contributed by atoms with Crippen molar-refractivity contribution in [1.29, 1.82) is 0 Å². The van der Waals surface area contributed by atoms with Gasteiger partial charge in [-0.25, -0.2) is 12.7 Å². The van der Waals surface area contributed by atoms with Crippen molar-refractivity contribution in [2.45, 2.75) is 18.4 Å². The van der Waals surface area contributed by atoms with Gasteiger partial charge in [0.15, 0.2) is 0 Å². The molecule has 0 atom stereocenters. The Kier molecular flexibility index (Phi) is 5.23. The third kappa shape index (κ3) is 3.80. The summed E-state index contributed by atoms with van der Waals surface area (Å²) in [6.45, 7) is 2.30. The topological polar surface area (TPSA) is 57.7 Å². The van der Waals surface area contributed by atoms with E-state index in [4.69, 9.17) is 0 Å². The predicted octanol–water partition coefficient (Wildman–Crippen LogP) is 2.58. The van der Waals surface area contributed by atoms with Gasteiger partial charge in [-0.2, -0.15) is 0 Å². The summed E-state index contributed by atoms with van der Waals surface area (Å²) in [5.41, 5.74) is 1.16. The molecule has 0 spiro atoms. The molecule has 0 unspecified atom stereocenters. The van der Waals surface area contributed by atoms with Gasteiger partial charge in [0.05, 0.1) is 11.4 Å². The van der Waals surface area contributed by atoms with Crippen LogP contribution >= 0.6 is 11.3 Å². The zero-order valence-electron chi connectivity index (χ0n) is 13.6. The van der Waals surface area contributed by atoms with Crippen molar-refractivity contribution in [3.05, 3.63) is 51.7 Å². The van der Waals surface area contributed by atoms with Crippen LogP contribution in [0.5, 0.6) is 0 Å². The summed E-state index contributed by atoms with van der Waals surface area (Å²) in [6, 6.07) is 8.56. The van der Waals surface area contributed by atoms with Gasteiger partial charge >= 0.3 is 0 Å². The van der Waals surface area contributed by atoms with Crippen molar-refractivity contribution >= 4 is 27.3 Å². The number of carbonyl (C=O) groups is 1. The molecular formula is C16H20N2O3S2. The Morgan fingerprint density at radius 1 is 1.17 bits per heavy atom. The Hall–Kier alpha value is -1.70. The van der Waals surface area contributed by atoms with Crippen molar-refractivity contribution in [1.82, 2.24) is 9.21 Å². The highest BCUT2D eigenvalue weighted by atomic mass is 32.2. The first kappa shape index (κ1) is 17.7. The SMILES string of the molecule is Cc1ccc(S(=O)(=O)N(C)C)cc1C(=O)N(C)Cc1cccs1. The third-order valence-corrected chi connectivity index (χ3v) is 6.21. The van der Waals surface area contributed by atoms with Gasteiger partial charge in [0.1, 0.15) is 0 Å². The van der Waals surface area contributed by atoms with Crippen molar-refractivity contribution in [3.63, 3.8) is 0 Å². The van der Waals surface area contributed by atoms with E-state index in [9.17, 15) is 13.2 Å². The molecule has 0 aliphatic carbocycles. The van der Waals surface area contributed by atoms with E-state index in [1.54, 1.807) is 36.3 Å². The standard InChI is InChI=1S/C16H20N2O3S2/c1-12-7-8-14(23(20,21)17(2)3)10-15(12)16(19)18(4)11-13-6-5-9-22-13/h5-10H,11H2,1-4H3. The number of thiophene rings is 1. The number of rotatable bonds is 5. The number of hydrogen-bond acceptors (Lipinski definition) is 4. The van der Waals surface area contributed by atoms with Crippen LogP contribution in [0.15, 0.2) is 40.6 Å². The van der Waals surface area contributed by atoms with E-state index in [1.807, 2.05) is 17.5 Å². The van der Waals surface area contributed by atoms with Gasteiger partial charge in [-0.1, -0.05) is 12.1 Å². The third-order valence-electron chi connectivity index (χ3n) is 3.54. The summed E-state index contributed by atoms with van der Waals surface area (Å²) in [5.74, 6) is -0.188. The molecule has 7 heteroatoms. The summed E-state index contributed by atoms with van der Waals surface area (Å²) in [4.78, 5) is 15.5. The quantitative estimate of drug-likeness (QED) is 0.831. The Morgan fingerprint density at radius 2 is 1.87 bits per heavy atom. The molecule has 1 aromatic carbocycles. The Balaban J connectivity index is 2.33. The highest BCUT2D eigenvalue weighted by Crippen LogP contribution is 2.20. The Morgan fingerprint density at radius 3 is 2.43 bits per heavy atom. The highest BCUT2D eigenvalue weighted by molar-refractivity contribution is 7.89. The number of aryl methyl sites for hydroxylation is 1. The Bertz CT molecular complexity index is 797. The lowest BCUT2D eigenvalue weighted by Crippen LogP contribution is -2.27. The number of hydrogen-bond donors (Lipinski definition) is 0. The fourth-order valence-electron chi connectivity index (χ4n) is 2.12. The summed E-state index contributed by atoms with van der Waals surface area (Å²) in [7, 11) is 1.10. The highest BCUT2D eigenvalue weighted by Gasteiger charge is 2.21. The van der Waals surface area contributed by atoms with Gasteiger partial charge in [0, 0.05) is 31.6 Å². The minimum atomic E-state index is -3.56. The van der Waals surface area contributed by atoms with Crippen LogP contribution in [-0.2, 0) is 16.6 Å². The van der Waals surface area contributed by atoms with Crippen molar-refractivity contribution in [2.24, 2.45) is 0 Å². The minimum Gasteiger partial charge on any atom is -0.337 e. The maximum atomic E-state index is 12.7. The van der Waals surface area contributed by atoms with Crippen LogP contribution < -0.4 is 0 Å². The van der Waals surface area contributed by atoms with E-state index >= 15 is 0 Å². The van der Waals surface area contributed by atoms with E-state index in [1.165, 1.54) is 26.2 Å².